The number of nitrogens with zero attached hydrogens (tertiary/aromatic N) is 1. The third kappa shape index (κ3) is 2.65. The highest BCUT2D eigenvalue weighted by atomic mass is 79.9. The second-order valence-corrected chi connectivity index (χ2v) is 5.75. The summed E-state index contributed by atoms with van der Waals surface area (Å²) < 4.78 is 22.5. The monoisotopic (exact) mass is 386 g/mol. The van der Waals surface area contributed by atoms with Gasteiger partial charge in [-0.2, -0.15) is 0 Å². The molecule has 0 aliphatic carbocycles. The van der Waals surface area contributed by atoms with Gasteiger partial charge >= 0.3 is 0 Å². The largest absolute Gasteiger partial charge is 0.492 e. The molecule has 0 bridgehead atoms. The topological polar surface area (TPSA) is 102 Å². The molecule has 1 amide bonds. The first-order valence-electron chi connectivity index (χ1n) is 6.81. The van der Waals surface area contributed by atoms with E-state index in [0.717, 1.165) is 5.56 Å². The molecule has 0 aromatic heterocycles. The first-order valence-corrected chi connectivity index (χ1v) is 7.60. The summed E-state index contributed by atoms with van der Waals surface area (Å²) in [6, 6.07) is 0. The van der Waals surface area contributed by atoms with Gasteiger partial charge in [0, 0.05) is 18.4 Å². The van der Waals surface area contributed by atoms with Crippen molar-refractivity contribution < 1.29 is 28.6 Å². The number of hydrogen-bond donors (Lipinski definition) is 1. The molecule has 23 heavy (non-hydrogen) atoms. The number of nitrogens with two attached hydrogens (primary N) is 1. The number of benzene rings is 1. The Morgan fingerprint density at radius 3 is 2.52 bits per heavy atom. The molecule has 2 N–H and O–H groups in total. The van der Waals surface area contributed by atoms with E-state index in [-0.39, 0.29) is 18.6 Å². The fourth-order valence-electron chi connectivity index (χ4n) is 2.58. The summed E-state index contributed by atoms with van der Waals surface area (Å²) >= 11 is 3.51. The molecule has 1 atom stereocenters. The first kappa shape index (κ1) is 15.7. The lowest BCUT2D eigenvalue weighted by Crippen LogP contribution is -2.23. The van der Waals surface area contributed by atoms with Gasteiger partial charge in [0.2, 0.25) is 18.3 Å². The van der Waals surface area contributed by atoms with E-state index < -0.39 is 5.91 Å². The lowest BCUT2D eigenvalue weighted by Gasteiger charge is -2.18. The lowest BCUT2D eigenvalue weighted by molar-refractivity contribution is -0.112. The van der Waals surface area contributed by atoms with Crippen LogP contribution in [0.2, 0.25) is 0 Å². The maximum atomic E-state index is 11.2. The zero-order chi connectivity index (χ0) is 16.6. The molecule has 0 unspecified atom stereocenters. The smallest absolute Gasteiger partial charge is 0.266 e. The quantitative estimate of drug-likeness (QED) is 0.819. The van der Waals surface area contributed by atoms with Crippen LogP contribution in [0, 0.1) is 0 Å². The summed E-state index contributed by atoms with van der Waals surface area (Å²) in [7, 11) is 3.08. The van der Waals surface area contributed by atoms with Gasteiger partial charge in [-0.3, -0.25) is 4.79 Å². The van der Waals surface area contributed by atoms with Crippen LogP contribution in [0.5, 0.6) is 23.0 Å². The second-order valence-electron chi connectivity index (χ2n) is 4.96. The first-order chi connectivity index (χ1) is 11.1. The van der Waals surface area contributed by atoms with Crippen molar-refractivity contribution in [3.63, 3.8) is 0 Å². The Morgan fingerprint density at radius 2 is 1.96 bits per heavy atom. The zero-order valence-corrected chi connectivity index (χ0v) is 14.1. The Kier molecular flexibility index (Phi) is 4.20. The Morgan fingerprint density at radius 1 is 1.30 bits per heavy atom. The number of amides is 1. The van der Waals surface area contributed by atoms with Crippen LogP contribution in [0.25, 0.3) is 0 Å². The van der Waals surface area contributed by atoms with Crippen LogP contribution in [-0.4, -0.2) is 38.7 Å². The average molecular weight is 387 g/mol. The molecule has 0 saturated carbocycles. The van der Waals surface area contributed by atoms with Crippen LogP contribution in [0.4, 0.5) is 0 Å². The number of carbonyl (C=O) groups excluding carboxylic acids is 1. The highest BCUT2D eigenvalue weighted by molar-refractivity contribution is 9.10. The summed E-state index contributed by atoms with van der Waals surface area (Å²) in [5.74, 6) is 1.43. The van der Waals surface area contributed by atoms with Gasteiger partial charge in [0.15, 0.2) is 11.5 Å². The van der Waals surface area contributed by atoms with Crippen LogP contribution >= 0.6 is 15.9 Å². The highest BCUT2D eigenvalue weighted by Crippen LogP contribution is 2.54. The zero-order valence-electron chi connectivity index (χ0n) is 12.6. The Hall–Kier alpha value is -2.16. The van der Waals surface area contributed by atoms with Crippen LogP contribution in [0.3, 0.4) is 0 Å². The van der Waals surface area contributed by atoms with Gasteiger partial charge in [-0.1, -0.05) is 5.16 Å². The van der Waals surface area contributed by atoms with E-state index in [1.54, 1.807) is 14.2 Å². The average Bonchev–Trinajstić information content (AvgIpc) is 3.17. The molecule has 2 aliphatic rings. The molecule has 1 aromatic carbocycles. The Labute approximate surface area is 140 Å². The molecule has 3 rings (SSSR count). The Bertz CT molecular complexity index is 691. The van der Waals surface area contributed by atoms with E-state index in [1.807, 2.05) is 0 Å². The van der Waals surface area contributed by atoms with Crippen molar-refractivity contribution in [1.82, 2.24) is 0 Å². The lowest BCUT2D eigenvalue weighted by atomic mass is 10.0. The van der Waals surface area contributed by atoms with Crippen molar-refractivity contribution in [3.8, 4) is 23.0 Å². The van der Waals surface area contributed by atoms with Crippen LogP contribution in [0.15, 0.2) is 9.63 Å². The summed E-state index contributed by atoms with van der Waals surface area (Å²) in [4.78, 5) is 16.4. The Balaban J connectivity index is 1.95. The number of rotatable bonds is 5. The van der Waals surface area contributed by atoms with Crippen molar-refractivity contribution in [1.29, 1.82) is 0 Å². The van der Waals surface area contributed by atoms with Crippen LogP contribution in [-0.2, 0) is 16.1 Å². The third-order valence-corrected chi connectivity index (χ3v) is 4.46. The highest BCUT2D eigenvalue weighted by Gasteiger charge is 2.33. The molecular weight excluding hydrogens is 372 g/mol. The second kappa shape index (κ2) is 6.15. The number of fused-ring (bicyclic) bond motifs is 1. The summed E-state index contributed by atoms with van der Waals surface area (Å²) in [6.45, 7) is 0.0901. The molecule has 0 spiro atoms. The number of halogens is 1. The molecule has 124 valence electrons. The fraction of sp³-hybridized carbons (Fsp3) is 0.429. The molecule has 0 fully saturated rings. The molecule has 0 radical (unpaired) electrons. The minimum atomic E-state index is -0.582. The van der Waals surface area contributed by atoms with Gasteiger partial charge in [-0.05, 0) is 15.9 Å². The summed E-state index contributed by atoms with van der Waals surface area (Å²) in [5, 5.41) is 3.71. The predicted octanol–water partition coefficient (Wildman–Crippen LogP) is 1.37. The minimum Gasteiger partial charge on any atom is -0.492 e. The maximum absolute atomic E-state index is 11.2. The SMILES string of the molecule is COc1c(Br)c(C[C@@H]2CC(C(N)=O)=NO2)c(OC)c2c1OCO2. The number of ether oxygens (including phenoxy) is 4. The standard InChI is InChI=1S/C14H15BrN2O6/c1-19-10-7(3-6-4-8(14(16)18)17-23-6)9(15)11(20-2)13-12(10)21-5-22-13/h6H,3-5H2,1-2H3,(H2,16,18)/t6-/m1/s1. The molecule has 2 heterocycles. The maximum Gasteiger partial charge on any atom is 0.266 e. The summed E-state index contributed by atoms with van der Waals surface area (Å²) in [5.41, 5.74) is 6.22. The molecule has 0 saturated heterocycles. The van der Waals surface area contributed by atoms with Gasteiger partial charge in [0.05, 0.1) is 18.7 Å². The number of carbonyl (C=O) groups is 1. The molecular formula is C14H15BrN2O6. The van der Waals surface area contributed by atoms with Gasteiger partial charge in [-0.15, -0.1) is 0 Å². The number of primary amides is 1. The fourth-order valence-corrected chi connectivity index (χ4v) is 3.26. The number of hydrogen-bond acceptors (Lipinski definition) is 7. The van der Waals surface area contributed by atoms with Crippen molar-refractivity contribution in [2.24, 2.45) is 10.9 Å². The van der Waals surface area contributed by atoms with Gasteiger partial charge in [-0.25, -0.2) is 0 Å². The van der Waals surface area contributed by atoms with Crippen molar-refractivity contribution >= 4 is 27.5 Å². The van der Waals surface area contributed by atoms with Crippen molar-refractivity contribution in [2.75, 3.05) is 21.0 Å². The molecule has 2 aliphatic heterocycles. The molecule has 1 aromatic rings. The van der Waals surface area contributed by atoms with E-state index >= 15 is 0 Å². The minimum absolute atomic E-state index is 0.0901. The van der Waals surface area contributed by atoms with E-state index in [2.05, 4.69) is 21.1 Å². The summed E-state index contributed by atoms with van der Waals surface area (Å²) in [6.07, 6.45) is 0.436. The van der Waals surface area contributed by atoms with Crippen LogP contribution in [0.1, 0.15) is 12.0 Å². The number of methoxy groups -OCH3 is 2. The third-order valence-electron chi connectivity index (χ3n) is 3.62. The molecule has 9 heteroatoms. The van der Waals surface area contributed by atoms with E-state index in [1.165, 1.54) is 0 Å². The van der Waals surface area contributed by atoms with E-state index in [9.17, 15) is 4.79 Å². The molecule has 8 nitrogen and oxygen atoms in total. The normalized spacial score (nSPS) is 18.4. The van der Waals surface area contributed by atoms with E-state index in [4.69, 9.17) is 29.5 Å². The van der Waals surface area contributed by atoms with Gasteiger partial charge in [0.25, 0.3) is 5.91 Å². The van der Waals surface area contributed by atoms with E-state index in [0.29, 0.717) is 40.3 Å². The predicted molar refractivity (Wildman–Crippen MR) is 83.2 cm³/mol. The number of oxime groups is 1. The van der Waals surface area contributed by atoms with Gasteiger partial charge in [0.1, 0.15) is 11.8 Å². The van der Waals surface area contributed by atoms with Crippen molar-refractivity contribution in [3.05, 3.63) is 10.0 Å². The van der Waals surface area contributed by atoms with Crippen molar-refractivity contribution in [2.45, 2.75) is 18.9 Å². The van der Waals surface area contributed by atoms with Crippen LogP contribution < -0.4 is 24.7 Å². The van der Waals surface area contributed by atoms with Gasteiger partial charge < -0.3 is 29.5 Å².